The molecule has 0 aliphatic heterocycles. The fourth-order valence-electron chi connectivity index (χ4n) is 5.13. The molecule has 0 aliphatic rings. The van der Waals surface area contributed by atoms with Crippen LogP contribution in [0.5, 0.6) is 0 Å². The average molecular weight is 484 g/mol. The Kier molecular flexibility index (Phi) is 5.91. The van der Waals surface area contributed by atoms with Crippen LogP contribution in [-0.4, -0.2) is 4.98 Å². The third-order valence-corrected chi connectivity index (χ3v) is 8.20. The van der Waals surface area contributed by atoms with Crippen molar-refractivity contribution in [3.05, 3.63) is 126 Å². The zero-order chi connectivity index (χ0) is 24.6. The molecular formula is C34H29NS. The molecule has 0 bridgehead atoms. The number of aryl methyl sites for hydroxylation is 1. The minimum atomic E-state index is 0.484. The Labute approximate surface area is 217 Å². The smallest absolute Gasteiger partial charge is 0.0705 e. The molecule has 0 saturated heterocycles. The zero-order valence-corrected chi connectivity index (χ0v) is 21.8. The maximum atomic E-state index is 4.78. The van der Waals surface area contributed by atoms with Crippen LogP contribution in [0.15, 0.2) is 103 Å². The van der Waals surface area contributed by atoms with Crippen LogP contribution in [0.4, 0.5) is 0 Å². The maximum Gasteiger partial charge on any atom is 0.0705 e. The van der Waals surface area contributed by atoms with E-state index in [1.54, 1.807) is 0 Å². The second-order valence-corrected chi connectivity index (χ2v) is 11.1. The molecule has 36 heavy (non-hydrogen) atoms. The van der Waals surface area contributed by atoms with Crippen molar-refractivity contribution in [1.82, 2.24) is 4.98 Å². The fourth-order valence-corrected chi connectivity index (χ4v) is 6.19. The predicted molar refractivity (Wildman–Crippen MR) is 156 cm³/mol. The highest BCUT2D eigenvalue weighted by atomic mass is 32.1. The molecule has 0 spiro atoms. The van der Waals surface area contributed by atoms with Crippen LogP contribution >= 0.6 is 11.3 Å². The third-order valence-electron chi connectivity index (χ3n) is 7.04. The first-order valence-electron chi connectivity index (χ1n) is 12.6. The van der Waals surface area contributed by atoms with Crippen LogP contribution in [0.3, 0.4) is 0 Å². The quantitative estimate of drug-likeness (QED) is 0.238. The molecule has 6 aromatic rings. The minimum absolute atomic E-state index is 0.484. The van der Waals surface area contributed by atoms with Crippen molar-refractivity contribution in [2.24, 2.45) is 0 Å². The summed E-state index contributed by atoms with van der Waals surface area (Å²) in [7, 11) is 0. The number of aromatic nitrogens is 1. The molecule has 0 atom stereocenters. The van der Waals surface area contributed by atoms with Gasteiger partial charge < -0.3 is 0 Å². The van der Waals surface area contributed by atoms with E-state index in [1.807, 2.05) is 17.5 Å². The van der Waals surface area contributed by atoms with Crippen molar-refractivity contribution >= 4 is 31.5 Å². The molecule has 4 aromatic carbocycles. The topological polar surface area (TPSA) is 12.9 Å². The average Bonchev–Trinajstić information content (AvgIpc) is 3.27. The van der Waals surface area contributed by atoms with Gasteiger partial charge in [-0.05, 0) is 83.0 Å². The van der Waals surface area contributed by atoms with E-state index in [1.165, 1.54) is 59.1 Å². The molecule has 0 unspecified atom stereocenters. The second kappa shape index (κ2) is 9.37. The van der Waals surface area contributed by atoms with Crippen LogP contribution in [0.2, 0.25) is 0 Å². The summed E-state index contributed by atoms with van der Waals surface area (Å²) in [5, 5.41) is 2.63. The van der Waals surface area contributed by atoms with Gasteiger partial charge in [0, 0.05) is 31.9 Å². The number of rotatable bonds is 5. The summed E-state index contributed by atoms with van der Waals surface area (Å²) in [5.41, 5.74) is 10.1. The summed E-state index contributed by atoms with van der Waals surface area (Å²) in [5.74, 6) is 0.484. The Morgan fingerprint density at radius 2 is 1.33 bits per heavy atom. The number of hydrogen-bond donors (Lipinski definition) is 0. The fraction of sp³-hybridized carbons (Fsp3) is 0.147. The van der Waals surface area contributed by atoms with Crippen molar-refractivity contribution in [3.8, 4) is 22.4 Å². The standard InChI is InChI=1S/C34H29NS/c1-22(2)29-20-32(35-21-23(29)3)28-13-15-34-31(19-28)30-18-27(12-14-33(30)36-34)26-11-7-10-25(17-26)16-24-8-5-4-6-9-24/h4-15,17-22H,16H2,1-3H3. The second-order valence-electron chi connectivity index (χ2n) is 9.97. The van der Waals surface area contributed by atoms with Crippen molar-refractivity contribution in [3.63, 3.8) is 0 Å². The predicted octanol–water partition coefficient (Wildman–Crippen LogP) is 9.81. The molecule has 1 nitrogen and oxygen atoms in total. The highest BCUT2D eigenvalue weighted by molar-refractivity contribution is 7.25. The lowest BCUT2D eigenvalue weighted by Gasteiger charge is -2.11. The summed E-state index contributed by atoms with van der Waals surface area (Å²) in [6, 6.07) is 35.6. The molecule has 0 radical (unpaired) electrons. The van der Waals surface area contributed by atoms with Crippen molar-refractivity contribution in [2.75, 3.05) is 0 Å². The number of fused-ring (bicyclic) bond motifs is 3. The van der Waals surface area contributed by atoms with E-state index in [4.69, 9.17) is 4.98 Å². The summed E-state index contributed by atoms with van der Waals surface area (Å²) >= 11 is 1.86. The first-order chi connectivity index (χ1) is 17.5. The summed E-state index contributed by atoms with van der Waals surface area (Å²) < 4.78 is 2.64. The van der Waals surface area contributed by atoms with Crippen molar-refractivity contribution in [1.29, 1.82) is 0 Å². The van der Waals surface area contributed by atoms with Gasteiger partial charge in [0.15, 0.2) is 0 Å². The number of nitrogens with zero attached hydrogens (tertiary/aromatic N) is 1. The van der Waals surface area contributed by atoms with E-state index < -0.39 is 0 Å². The highest BCUT2D eigenvalue weighted by Crippen LogP contribution is 2.38. The van der Waals surface area contributed by atoms with Crippen LogP contribution in [0.25, 0.3) is 42.6 Å². The van der Waals surface area contributed by atoms with Gasteiger partial charge in [0.05, 0.1) is 5.69 Å². The van der Waals surface area contributed by atoms with Crippen LogP contribution < -0.4 is 0 Å². The Bertz CT molecular complexity index is 1690. The molecule has 2 aromatic heterocycles. The van der Waals surface area contributed by atoms with Crippen molar-refractivity contribution in [2.45, 2.75) is 33.1 Å². The number of pyridine rings is 1. The summed E-state index contributed by atoms with van der Waals surface area (Å²) in [6.45, 7) is 6.65. The Hall–Kier alpha value is -3.75. The first kappa shape index (κ1) is 22.7. The third kappa shape index (κ3) is 4.34. The van der Waals surface area contributed by atoms with Crippen LogP contribution in [0.1, 0.15) is 42.0 Å². The highest BCUT2D eigenvalue weighted by Gasteiger charge is 2.12. The first-order valence-corrected chi connectivity index (χ1v) is 13.4. The molecule has 0 N–H and O–H groups in total. The normalized spacial score (nSPS) is 11.6. The van der Waals surface area contributed by atoms with E-state index in [2.05, 4.69) is 118 Å². The van der Waals surface area contributed by atoms with Gasteiger partial charge in [-0.3, -0.25) is 4.98 Å². The molecule has 0 amide bonds. The van der Waals surface area contributed by atoms with Gasteiger partial charge >= 0.3 is 0 Å². The molecule has 0 saturated carbocycles. The van der Waals surface area contributed by atoms with E-state index in [9.17, 15) is 0 Å². The van der Waals surface area contributed by atoms with Gasteiger partial charge in [0.1, 0.15) is 0 Å². The largest absolute Gasteiger partial charge is 0.256 e. The number of thiophene rings is 1. The lowest BCUT2D eigenvalue weighted by atomic mass is 9.96. The van der Waals surface area contributed by atoms with Gasteiger partial charge in [-0.2, -0.15) is 0 Å². The molecule has 0 fully saturated rings. The van der Waals surface area contributed by atoms with Crippen molar-refractivity contribution < 1.29 is 0 Å². The molecule has 0 aliphatic carbocycles. The number of benzene rings is 4. The van der Waals surface area contributed by atoms with E-state index in [-0.39, 0.29) is 0 Å². The van der Waals surface area contributed by atoms with Gasteiger partial charge in [0.2, 0.25) is 0 Å². The van der Waals surface area contributed by atoms with Gasteiger partial charge in [-0.25, -0.2) is 0 Å². The van der Waals surface area contributed by atoms with Gasteiger partial charge in [-0.1, -0.05) is 80.6 Å². The van der Waals surface area contributed by atoms with Crippen LogP contribution in [-0.2, 0) is 6.42 Å². The van der Waals surface area contributed by atoms with Crippen LogP contribution in [0, 0.1) is 6.92 Å². The van der Waals surface area contributed by atoms with Gasteiger partial charge in [0.25, 0.3) is 0 Å². The minimum Gasteiger partial charge on any atom is -0.256 e. The number of hydrogen-bond acceptors (Lipinski definition) is 2. The lowest BCUT2D eigenvalue weighted by molar-refractivity contribution is 0.852. The molecular weight excluding hydrogens is 454 g/mol. The molecule has 2 heterocycles. The monoisotopic (exact) mass is 483 g/mol. The maximum absolute atomic E-state index is 4.78. The van der Waals surface area contributed by atoms with Gasteiger partial charge in [-0.15, -0.1) is 11.3 Å². The molecule has 6 rings (SSSR count). The summed E-state index contributed by atoms with van der Waals surface area (Å²) in [6.07, 6.45) is 2.96. The SMILES string of the molecule is Cc1cnc(-c2ccc3sc4ccc(-c5cccc(Cc6ccccc6)c5)cc4c3c2)cc1C(C)C. The Morgan fingerprint density at radius 3 is 2.08 bits per heavy atom. The molecule has 2 heteroatoms. The Morgan fingerprint density at radius 1 is 0.667 bits per heavy atom. The zero-order valence-electron chi connectivity index (χ0n) is 21.0. The van der Waals surface area contributed by atoms with E-state index in [0.29, 0.717) is 5.92 Å². The van der Waals surface area contributed by atoms with E-state index in [0.717, 1.165) is 12.1 Å². The summed E-state index contributed by atoms with van der Waals surface area (Å²) in [4.78, 5) is 4.78. The Balaban J connectivity index is 1.41. The molecule has 176 valence electrons. The lowest BCUT2D eigenvalue weighted by Crippen LogP contribution is -1.95. The van der Waals surface area contributed by atoms with E-state index >= 15 is 0 Å².